The van der Waals surface area contributed by atoms with Crippen LogP contribution in [-0.4, -0.2) is 41.5 Å². The van der Waals surface area contributed by atoms with Crippen LogP contribution < -0.4 is 10.5 Å². The number of hydrogen-bond acceptors (Lipinski definition) is 7. The molecule has 3 N–H and O–H groups in total. The predicted molar refractivity (Wildman–Crippen MR) is 62.9 cm³/mol. The average Bonchev–Trinajstić information content (AvgIpc) is 2.73. The van der Waals surface area contributed by atoms with Gasteiger partial charge in [-0.15, -0.1) is 0 Å². The van der Waals surface area contributed by atoms with Gasteiger partial charge in [-0.25, -0.2) is 4.79 Å². The molecule has 0 radical (unpaired) electrons. The summed E-state index contributed by atoms with van der Waals surface area (Å²) in [5.41, 5.74) is 5.64. The van der Waals surface area contributed by atoms with Crippen LogP contribution in [0.5, 0.6) is 5.88 Å². The van der Waals surface area contributed by atoms with Crippen LogP contribution in [0.3, 0.4) is 0 Å². The van der Waals surface area contributed by atoms with Crippen molar-refractivity contribution in [2.45, 2.75) is 26.3 Å². The van der Waals surface area contributed by atoms with Gasteiger partial charge in [-0.3, -0.25) is 4.79 Å². The quantitative estimate of drug-likeness (QED) is 0.674. The lowest BCUT2D eigenvalue weighted by atomic mass is 10.1. The van der Waals surface area contributed by atoms with Gasteiger partial charge >= 0.3 is 11.9 Å². The molecule has 19 heavy (non-hydrogen) atoms. The van der Waals surface area contributed by atoms with Crippen molar-refractivity contribution in [1.29, 1.82) is 0 Å². The molecular formula is C11H16N2O6. The van der Waals surface area contributed by atoms with E-state index in [1.54, 1.807) is 13.8 Å². The molecule has 0 saturated carbocycles. The van der Waals surface area contributed by atoms with E-state index in [2.05, 4.69) is 5.16 Å². The Hall–Kier alpha value is -2.09. The van der Waals surface area contributed by atoms with Gasteiger partial charge in [-0.2, -0.15) is 0 Å². The molecule has 8 nitrogen and oxygen atoms in total. The number of carbonyl (C=O) groups excluding carboxylic acids is 1. The Morgan fingerprint density at radius 3 is 2.63 bits per heavy atom. The van der Waals surface area contributed by atoms with E-state index in [4.69, 9.17) is 24.8 Å². The smallest absolute Gasteiger partial charge is 0.377 e. The molecule has 0 fully saturated rings. The van der Waals surface area contributed by atoms with Crippen molar-refractivity contribution in [3.63, 3.8) is 0 Å². The summed E-state index contributed by atoms with van der Waals surface area (Å²) in [6.45, 7) is 3.82. The fraction of sp³-hybridized carbons (Fsp3) is 0.545. The molecule has 1 aromatic heterocycles. The van der Waals surface area contributed by atoms with E-state index in [1.807, 2.05) is 0 Å². The topological polar surface area (TPSA) is 125 Å². The minimum atomic E-state index is -1.20. The van der Waals surface area contributed by atoms with E-state index in [-0.39, 0.29) is 30.2 Å². The number of aliphatic carboxylic acids is 1. The molecular weight excluding hydrogens is 256 g/mol. The first kappa shape index (κ1) is 15.0. The van der Waals surface area contributed by atoms with Gasteiger partial charge in [0.15, 0.2) is 0 Å². The molecule has 0 amide bonds. The van der Waals surface area contributed by atoms with Crippen LogP contribution in [0.15, 0.2) is 4.52 Å². The van der Waals surface area contributed by atoms with Crippen molar-refractivity contribution in [3.05, 3.63) is 11.3 Å². The maximum Gasteiger partial charge on any atom is 0.377 e. The lowest BCUT2D eigenvalue weighted by molar-refractivity contribution is -0.138. The van der Waals surface area contributed by atoms with Crippen LogP contribution in [0.1, 0.15) is 30.0 Å². The van der Waals surface area contributed by atoms with Crippen LogP contribution >= 0.6 is 0 Å². The highest BCUT2D eigenvalue weighted by atomic mass is 16.6. The zero-order valence-corrected chi connectivity index (χ0v) is 10.7. The second kappa shape index (κ2) is 6.74. The van der Waals surface area contributed by atoms with Gasteiger partial charge in [0.05, 0.1) is 18.8 Å². The Kier molecular flexibility index (Phi) is 5.31. The molecule has 106 valence electrons. The molecule has 0 bridgehead atoms. The number of carbonyl (C=O) groups is 2. The number of nitrogens with zero attached hydrogens (tertiary/aromatic N) is 1. The molecule has 0 aliphatic heterocycles. The van der Waals surface area contributed by atoms with E-state index >= 15 is 0 Å². The largest absolute Gasteiger partial charge is 0.480 e. The third-order valence-corrected chi connectivity index (χ3v) is 2.24. The number of rotatable bonds is 7. The standard InChI is InChI=1S/C11H16N2O6/c1-3-17-9-6(5-7(12)10(14)15)8(19-13-9)11(16)18-4-2/h7H,3-5,12H2,1-2H3,(H,14,15). The van der Waals surface area contributed by atoms with E-state index in [1.165, 1.54) is 0 Å². The summed E-state index contributed by atoms with van der Waals surface area (Å²) in [6.07, 6.45) is -0.137. The fourth-order valence-corrected chi connectivity index (χ4v) is 1.39. The first-order chi connectivity index (χ1) is 9.01. The van der Waals surface area contributed by atoms with Gasteiger partial charge in [0, 0.05) is 6.42 Å². The maximum absolute atomic E-state index is 11.6. The highest BCUT2D eigenvalue weighted by Gasteiger charge is 2.27. The predicted octanol–water partition coefficient (Wildman–Crippen LogP) is 0.204. The molecule has 0 aromatic carbocycles. The lowest BCUT2D eigenvalue weighted by Crippen LogP contribution is -2.32. The summed E-state index contributed by atoms with van der Waals surface area (Å²) in [4.78, 5) is 22.4. The van der Waals surface area contributed by atoms with Crippen molar-refractivity contribution >= 4 is 11.9 Å². The highest BCUT2D eigenvalue weighted by Crippen LogP contribution is 2.24. The number of carboxylic acid groups (broad SMARTS) is 1. The molecule has 0 saturated heterocycles. The Labute approximate surface area is 109 Å². The third-order valence-electron chi connectivity index (χ3n) is 2.24. The lowest BCUT2D eigenvalue weighted by Gasteiger charge is -2.07. The summed E-state index contributed by atoms with van der Waals surface area (Å²) >= 11 is 0. The highest BCUT2D eigenvalue weighted by molar-refractivity contribution is 5.88. The normalized spacial score (nSPS) is 11.9. The summed E-state index contributed by atoms with van der Waals surface area (Å²) in [5.74, 6) is -2.05. The second-order valence-electron chi connectivity index (χ2n) is 3.60. The molecule has 1 aromatic rings. The first-order valence-corrected chi connectivity index (χ1v) is 5.78. The van der Waals surface area contributed by atoms with Gasteiger partial charge in [-0.05, 0) is 19.0 Å². The van der Waals surface area contributed by atoms with Crippen LogP contribution in [0.4, 0.5) is 0 Å². The van der Waals surface area contributed by atoms with Gasteiger partial charge in [0.2, 0.25) is 0 Å². The fourth-order valence-electron chi connectivity index (χ4n) is 1.39. The molecule has 1 unspecified atom stereocenters. The number of carboxylic acids is 1. The van der Waals surface area contributed by atoms with Crippen molar-refractivity contribution in [2.24, 2.45) is 5.73 Å². The zero-order valence-electron chi connectivity index (χ0n) is 10.7. The van der Waals surface area contributed by atoms with Crippen LogP contribution in [0.2, 0.25) is 0 Å². The Morgan fingerprint density at radius 2 is 2.11 bits per heavy atom. The molecule has 0 spiro atoms. The van der Waals surface area contributed by atoms with Crippen molar-refractivity contribution in [1.82, 2.24) is 5.16 Å². The van der Waals surface area contributed by atoms with Crippen LogP contribution in [-0.2, 0) is 16.0 Å². The second-order valence-corrected chi connectivity index (χ2v) is 3.60. The Morgan fingerprint density at radius 1 is 1.42 bits per heavy atom. The molecule has 8 heteroatoms. The zero-order chi connectivity index (χ0) is 14.4. The average molecular weight is 272 g/mol. The molecule has 1 heterocycles. The third kappa shape index (κ3) is 3.68. The summed E-state index contributed by atoms with van der Waals surface area (Å²) in [6, 6.07) is -1.19. The molecule has 0 aliphatic carbocycles. The van der Waals surface area contributed by atoms with Gasteiger partial charge in [0.1, 0.15) is 6.04 Å². The Balaban J connectivity index is 3.04. The van der Waals surface area contributed by atoms with Crippen molar-refractivity contribution < 1.29 is 28.7 Å². The number of ether oxygens (including phenoxy) is 2. The first-order valence-electron chi connectivity index (χ1n) is 5.78. The number of aromatic nitrogens is 1. The van der Waals surface area contributed by atoms with E-state index in [9.17, 15) is 9.59 Å². The van der Waals surface area contributed by atoms with Gasteiger partial charge < -0.3 is 24.8 Å². The minimum absolute atomic E-state index is 0.0576. The number of esters is 1. The van der Waals surface area contributed by atoms with Crippen molar-refractivity contribution in [3.8, 4) is 5.88 Å². The van der Waals surface area contributed by atoms with Crippen LogP contribution in [0.25, 0.3) is 0 Å². The summed E-state index contributed by atoms with van der Waals surface area (Å²) < 4.78 is 14.8. The maximum atomic E-state index is 11.6. The SMILES string of the molecule is CCOC(=O)c1onc(OCC)c1CC(N)C(=O)O. The van der Waals surface area contributed by atoms with Gasteiger partial charge in [0.25, 0.3) is 11.6 Å². The molecule has 1 rings (SSSR count). The van der Waals surface area contributed by atoms with Gasteiger partial charge in [-0.1, -0.05) is 0 Å². The Bertz CT molecular complexity index is 456. The molecule has 1 atom stereocenters. The van der Waals surface area contributed by atoms with E-state index < -0.39 is 18.0 Å². The summed E-state index contributed by atoms with van der Waals surface area (Å²) in [7, 11) is 0. The molecule has 0 aliphatic rings. The van der Waals surface area contributed by atoms with E-state index in [0.717, 1.165) is 0 Å². The summed E-state index contributed by atoms with van der Waals surface area (Å²) in [5, 5.41) is 12.4. The number of hydrogen-bond donors (Lipinski definition) is 2. The number of nitrogens with two attached hydrogens (primary N) is 1. The van der Waals surface area contributed by atoms with E-state index in [0.29, 0.717) is 6.61 Å². The van der Waals surface area contributed by atoms with Crippen LogP contribution in [0, 0.1) is 0 Å². The minimum Gasteiger partial charge on any atom is -0.480 e. The monoisotopic (exact) mass is 272 g/mol. The van der Waals surface area contributed by atoms with Crippen molar-refractivity contribution in [2.75, 3.05) is 13.2 Å².